The Hall–Kier alpha value is -0.450. The zero-order chi connectivity index (χ0) is 12.3. The summed E-state index contributed by atoms with van der Waals surface area (Å²) in [6.07, 6.45) is 2.64. The average Bonchev–Trinajstić information content (AvgIpc) is 2.75. The van der Waals surface area contributed by atoms with Gasteiger partial charge in [-0.3, -0.25) is 4.90 Å². The molecule has 2 heterocycles. The third-order valence-corrected chi connectivity index (χ3v) is 4.66. The summed E-state index contributed by atoms with van der Waals surface area (Å²) in [6, 6.07) is 0.528. The highest BCUT2D eigenvalue weighted by Gasteiger charge is 2.33. The van der Waals surface area contributed by atoms with Gasteiger partial charge in [0.05, 0.1) is 6.04 Å². The lowest BCUT2D eigenvalue weighted by molar-refractivity contribution is 0.0979. The van der Waals surface area contributed by atoms with Crippen LogP contribution in [0.25, 0.3) is 0 Å². The Bertz CT molecular complexity index is 348. The Labute approximate surface area is 108 Å². The number of hydrogen-bond acceptors (Lipinski definition) is 4. The maximum absolute atomic E-state index is 4.71. The number of aryl methyl sites for hydroxylation is 1. The van der Waals surface area contributed by atoms with E-state index in [9.17, 15) is 0 Å². The maximum Gasteiger partial charge on any atom is 0.110 e. The molecular formula is C13H23N3S. The summed E-state index contributed by atoms with van der Waals surface area (Å²) in [7, 11) is 2.05. The number of piperidine rings is 1. The molecular weight excluding hydrogens is 230 g/mol. The third-order valence-electron chi connectivity index (χ3n) is 3.62. The SMILES string of the molecule is CCN1CCCC(CNC)C1c1nc(C)cs1. The molecule has 1 saturated heterocycles. The van der Waals surface area contributed by atoms with Gasteiger partial charge in [-0.15, -0.1) is 11.3 Å². The molecule has 1 fully saturated rings. The minimum Gasteiger partial charge on any atom is -0.319 e. The first-order chi connectivity index (χ1) is 8.26. The van der Waals surface area contributed by atoms with E-state index >= 15 is 0 Å². The number of nitrogens with zero attached hydrogens (tertiary/aromatic N) is 2. The van der Waals surface area contributed by atoms with Crippen molar-refractivity contribution >= 4 is 11.3 Å². The van der Waals surface area contributed by atoms with Crippen LogP contribution >= 0.6 is 11.3 Å². The van der Waals surface area contributed by atoms with E-state index < -0.39 is 0 Å². The van der Waals surface area contributed by atoms with Crippen molar-refractivity contribution in [3.63, 3.8) is 0 Å². The predicted octanol–water partition coefficient (Wildman–Crippen LogP) is 2.44. The van der Waals surface area contributed by atoms with Gasteiger partial charge in [0.1, 0.15) is 5.01 Å². The van der Waals surface area contributed by atoms with Crippen LogP contribution in [0.1, 0.15) is 36.5 Å². The van der Waals surface area contributed by atoms with E-state index in [1.165, 1.54) is 24.4 Å². The van der Waals surface area contributed by atoms with Gasteiger partial charge in [-0.2, -0.15) is 0 Å². The Morgan fingerprint density at radius 2 is 2.41 bits per heavy atom. The second kappa shape index (κ2) is 5.94. The van der Waals surface area contributed by atoms with Crippen molar-refractivity contribution in [2.24, 2.45) is 5.92 Å². The first-order valence-electron chi connectivity index (χ1n) is 6.57. The van der Waals surface area contributed by atoms with Gasteiger partial charge in [0.2, 0.25) is 0 Å². The van der Waals surface area contributed by atoms with Gasteiger partial charge in [-0.05, 0) is 52.4 Å². The number of thiazole rings is 1. The van der Waals surface area contributed by atoms with E-state index in [1.807, 2.05) is 11.3 Å². The van der Waals surface area contributed by atoms with Crippen LogP contribution in [-0.4, -0.2) is 36.6 Å². The number of aromatic nitrogens is 1. The van der Waals surface area contributed by atoms with Crippen LogP contribution in [0.2, 0.25) is 0 Å². The highest BCUT2D eigenvalue weighted by molar-refractivity contribution is 7.09. The number of nitrogens with one attached hydrogen (secondary N) is 1. The van der Waals surface area contributed by atoms with Crippen molar-refractivity contribution in [2.45, 2.75) is 32.7 Å². The lowest BCUT2D eigenvalue weighted by Gasteiger charge is -2.39. The number of hydrogen-bond donors (Lipinski definition) is 1. The topological polar surface area (TPSA) is 28.2 Å². The summed E-state index contributed by atoms with van der Waals surface area (Å²) in [5.41, 5.74) is 1.16. The molecule has 2 rings (SSSR count). The van der Waals surface area contributed by atoms with Crippen LogP contribution in [0.5, 0.6) is 0 Å². The van der Waals surface area contributed by atoms with Gasteiger partial charge < -0.3 is 5.32 Å². The zero-order valence-corrected chi connectivity index (χ0v) is 11.9. The first kappa shape index (κ1) is 13.0. The molecule has 4 heteroatoms. The maximum atomic E-state index is 4.71. The molecule has 3 nitrogen and oxygen atoms in total. The van der Waals surface area contributed by atoms with E-state index in [1.54, 1.807) is 0 Å². The lowest BCUT2D eigenvalue weighted by Crippen LogP contribution is -2.41. The molecule has 2 atom stereocenters. The van der Waals surface area contributed by atoms with Crippen LogP contribution in [0, 0.1) is 12.8 Å². The molecule has 17 heavy (non-hydrogen) atoms. The minimum atomic E-state index is 0.528. The van der Waals surface area contributed by atoms with Crippen molar-refractivity contribution in [3.8, 4) is 0 Å². The molecule has 0 aliphatic carbocycles. The predicted molar refractivity (Wildman–Crippen MR) is 73.5 cm³/mol. The van der Waals surface area contributed by atoms with Gasteiger partial charge >= 0.3 is 0 Å². The molecule has 0 saturated carbocycles. The molecule has 1 aromatic heterocycles. The van der Waals surface area contributed by atoms with Gasteiger partial charge in [0, 0.05) is 11.1 Å². The summed E-state index contributed by atoms with van der Waals surface area (Å²) in [5.74, 6) is 0.708. The Morgan fingerprint density at radius 1 is 1.59 bits per heavy atom. The van der Waals surface area contributed by atoms with Crippen molar-refractivity contribution < 1.29 is 0 Å². The average molecular weight is 253 g/mol. The van der Waals surface area contributed by atoms with Crippen molar-refractivity contribution in [3.05, 3.63) is 16.1 Å². The second-order valence-corrected chi connectivity index (χ2v) is 5.75. The van der Waals surface area contributed by atoms with Crippen LogP contribution in [-0.2, 0) is 0 Å². The highest BCUT2D eigenvalue weighted by Crippen LogP contribution is 2.36. The first-order valence-corrected chi connectivity index (χ1v) is 7.45. The second-order valence-electron chi connectivity index (χ2n) is 4.86. The molecule has 0 bridgehead atoms. The summed E-state index contributed by atoms with van der Waals surface area (Å²) in [4.78, 5) is 7.30. The Kier molecular flexibility index (Phi) is 4.54. The Morgan fingerprint density at radius 3 is 3.00 bits per heavy atom. The van der Waals surface area contributed by atoms with E-state index in [4.69, 9.17) is 4.98 Å². The summed E-state index contributed by atoms with van der Waals surface area (Å²) in [5, 5.41) is 6.82. The van der Waals surface area contributed by atoms with Gasteiger partial charge in [0.25, 0.3) is 0 Å². The normalized spacial score (nSPS) is 26.3. The smallest absolute Gasteiger partial charge is 0.110 e. The number of likely N-dealkylation sites (tertiary alicyclic amines) is 1. The monoisotopic (exact) mass is 253 g/mol. The highest BCUT2D eigenvalue weighted by atomic mass is 32.1. The number of rotatable bonds is 4. The van der Waals surface area contributed by atoms with E-state index in [0.29, 0.717) is 12.0 Å². The quantitative estimate of drug-likeness (QED) is 0.893. The molecule has 1 N–H and O–H groups in total. The largest absolute Gasteiger partial charge is 0.319 e. The fraction of sp³-hybridized carbons (Fsp3) is 0.769. The standard InChI is InChI=1S/C13H23N3S/c1-4-16-7-5-6-11(8-14-3)12(16)13-15-10(2)9-17-13/h9,11-12,14H,4-8H2,1-3H3. The lowest BCUT2D eigenvalue weighted by atomic mass is 9.89. The van der Waals surface area contributed by atoms with Gasteiger partial charge in [-0.1, -0.05) is 6.92 Å². The molecule has 0 spiro atoms. The zero-order valence-electron chi connectivity index (χ0n) is 11.1. The van der Waals surface area contributed by atoms with E-state index in [-0.39, 0.29) is 0 Å². The van der Waals surface area contributed by atoms with E-state index in [0.717, 1.165) is 18.8 Å². The van der Waals surface area contributed by atoms with Crippen LogP contribution in [0.4, 0.5) is 0 Å². The third kappa shape index (κ3) is 2.87. The molecule has 1 aliphatic heterocycles. The molecule has 0 radical (unpaired) electrons. The molecule has 1 aliphatic rings. The van der Waals surface area contributed by atoms with Crippen LogP contribution in [0.3, 0.4) is 0 Å². The summed E-state index contributed by atoms with van der Waals surface area (Å²) in [6.45, 7) is 7.80. The fourth-order valence-corrected chi connectivity index (χ4v) is 3.87. The fourth-order valence-electron chi connectivity index (χ4n) is 2.85. The van der Waals surface area contributed by atoms with Crippen molar-refractivity contribution in [2.75, 3.05) is 26.7 Å². The van der Waals surface area contributed by atoms with Gasteiger partial charge in [0.15, 0.2) is 0 Å². The van der Waals surface area contributed by atoms with Gasteiger partial charge in [-0.25, -0.2) is 4.98 Å². The molecule has 96 valence electrons. The van der Waals surface area contributed by atoms with E-state index in [2.05, 4.69) is 36.5 Å². The molecule has 2 unspecified atom stereocenters. The summed E-state index contributed by atoms with van der Waals surface area (Å²) < 4.78 is 0. The Balaban J connectivity index is 2.21. The van der Waals surface area contributed by atoms with Crippen LogP contribution < -0.4 is 5.32 Å². The van der Waals surface area contributed by atoms with Crippen LogP contribution in [0.15, 0.2) is 5.38 Å². The van der Waals surface area contributed by atoms with Crippen molar-refractivity contribution in [1.82, 2.24) is 15.2 Å². The molecule has 0 amide bonds. The molecule has 1 aromatic rings. The molecule has 0 aromatic carbocycles. The summed E-state index contributed by atoms with van der Waals surface area (Å²) >= 11 is 1.82. The minimum absolute atomic E-state index is 0.528. The van der Waals surface area contributed by atoms with Crippen molar-refractivity contribution in [1.29, 1.82) is 0 Å².